The van der Waals surface area contributed by atoms with Crippen LogP contribution in [-0.4, -0.2) is 18.4 Å². The largest absolute Gasteiger partial charge is 0.324 e. The maximum absolute atomic E-state index is 12.4. The van der Waals surface area contributed by atoms with Crippen molar-refractivity contribution >= 4 is 34.8 Å². The zero-order chi connectivity index (χ0) is 17.9. The van der Waals surface area contributed by atoms with Crippen LogP contribution >= 0.6 is 11.6 Å². The molecule has 0 bridgehead atoms. The molecular formula is C19H21ClN2O2. The molecule has 0 spiro atoms. The fraction of sp³-hybridized carbons (Fsp3) is 0.263. The molecule has 0 unspecified atom stereocenters. The molecule has 0 saturated carbocycles. The summed E-state index contributed by atoms with van der Waals surface area (Å²) >= 11 is 5.98. The highest BCUT2D eigenvalue weighted by Crippen LogP contribution is 2.25. The molecule has 0 aliphatic carbocycles. The highest BCUT2D eigenvalue weighted by Gasteiger charge is 2.19. The fourth-order valence-corrected chi connectivity index (χ4v) is 2.81. The average Bonchev–Trinajstić information content (AvgIpc) is 2.49. The van der Waals surface area contributed by atoms with Crippen LogP contribution in [0.4, 0.5) is 11.4 Å². The maximum Gasteiger partial charge on any atom is 0.244 e. The third-order valence-corrected chi connectivity index (χ3v) is 4.10. The molecule has 1 N–H and O–H groups in total. The number of anilines is 2. The molecule has 2 amide bonds. The predicted octanol–water partition coefficient (Wildman–Crippen LogP) is 4.26. The van der Waals surface area contributed by atoms with Crippen molar-refractivity contribution in [3.05, 3.63) is 58.1 Å². The van der Waals surface area contributed by atoms with Crippen LogP contribution < -0.4 is 10.2 Å². The van der Waals surface area contributed by atoms with Crippen LogP contribution in [0.15, 0.2) is 36.4 Å². The van der Waals surface area contributed by atoms with Gasteiger partial charge < -0.3 is 10.2 Å². The molecule has 4 nitrogen and oxygen atoms in total. The number of nitrogens with zero attached hydrogens (tertiary/aromatic N) is 1. The normalized spacial score (nSPS) is 10.4. The molecule has 0 heterocycles. The number of benzene rings is 2. The van der Waals surface area contributed by atoms with Gasteiger partial charge in [0.1, 0.15) is 6.54 Å². The second kappa shape index (κ2) is 7.49. The second-order valence-corrected chi connectivity index (χ2v) is 6.29. The molecule has 0 fully saturated rings. The van der Waals surface area contributed by atoms with E-state index in [4.69, 9.17) is 11.6 Å². The summed E-state index contributed by atoms with van der Waals surface area (Å²) in [6.45, 7) is 7.16. The van der Waals surface area contributed by atoms with Gasteiger partial charge in [-0.15, -0.1) is 0 Å². The van der Waals surface area contributed by atoms with Crippen molar-refractivity contribution in [1.82, 2.24) is 0 Å². The van der Waals surface area contributed by atoms with Crippen molar-refractivity contribution in [3.63, 3.8) is 0 Å². The topological polar surface area (TPSA) is 49.4 Å². The first-order valence-electron chi connectivity index (χ1n) is 7.70. The third kappa shape index (κ3) is 4.15. The van der Waals surface area contributed by atoms with Gasteiger partial charge in [0.15, 0.2) is 0 Å². The summed E-state index contributed by atoms with van der Waals surface area (Å²) in [6.07, 6.45) is 0. The summed E-state index contributed by atoms with van der Waals surface area (Å²) in [4.78, 5) is 26.0. The van der Waals surface area contributed by atoms with Gasteiger partial charge in [0.25, 0.3) is 0 Å². The lowest BCUT2D eigenvalue weighted by molar-refractivity contribution is -0.120. The van der Waals surface area contributed by atoms with Crippen LogP contribution in [0.5, 0.6) is 0 Å². The zero-order valence-corrected chi connectivity index (χ0v) is 15.1. The van der Waals surface area contributed by atoms with Crippen molar-refractivity contribution in [1.29, 1.82) is 0 Å². The molecule has 2 rings (SSSR count). The van der Waals surface area contributed by atoms with Crippen molar-refractivity contribution in [2.75, 3.05) is 16.8 Å². The summed E-state index contributed by atoms with van der Waals surface area (Å²) in [5.74, 6) is -0.441. The highest BCUT2D eigenvalue weighted by atomic mass is 35.5. The first-order chi connectivity index (χ1) is 11.3. The van der Waals surface area contributed by atoms with Crippen LogP contribution in [0, 0.1) is 20.8 Å². The number of rotatable bonds is 4. The monoisotopic (exact) mass is 344 g/mol. The Hall–Kier alpha value is -2.33. The number of hydrogen-bond acceptors (Lipinski definition) is 2. The molecule has 0 aliphatic heterocycles. The number of nitrogens with one attached hydrogen (secondary N) is 1. The quantitative estimate of drug-likeness (QED) is 0.901. The van der Waals surface area contributed by atoms with Crippen LogP contribution in [-0.2, 0) is 9.59 Å². The first kappa shape index (κ1) is 18.0. The molecule has 2 aromatic carbocycles. The second-order valence-electron chi connectivity index (χ2n) is 5.85. The van der Waals surface area contributed by atoms with E-state index in [-0.39, 0.29) is 18.4 Å². The molecule has 0 aromatic heterocycles. The number of amides is 2. The van der Waals surface area contributed by atoms with Gasteiger partial charge in [0.05, 0.1) is 5.69 Å². The minimum absolute atomic E-state index is 0.0486. The van der Waals surface area contributed by atoms with E-state index < -0.39 is 0 Å². The van der Waals surface area contributed by atoms with Crippen molar-refractivity contribution in [2.24, 2.45) is 0 Å². The Bertz CT molecular complexity index is 767. The molecule has 2 aromatic rings. The molecular weight excluding hydrogens is 324 g/mol. The zero-order valence-electron chi connectivity index (χ0n) is 14.3. The predicted molar refractivity (Wildman–Crippen MR) is 98.8 cm³/mol. The number of carbonyl (C=O) groups is 2. The molecule has 0 atom stereocenters. The van der Waals surface area contributed by atoms with E-state index in [1.807, 2.05) is 45.0 Å². The van der Waals surface area contributed by atoms with Crippen LogP contribution in [0.2, 0.25) is 5.02 Å². The SMILES string of the molecule is CC(=O)N(CC(=O)Nc1cc(Cl)ccc1C)c1c(C)cccc1C. The Balaban J connectivity index is 2.24. The Kier molecular flexibility index (Phi) is 5.62. The first-order valence-corrected chi connectivity index (χ1v) is 8.07. The number of para-hydroxylation sites is 1. The number of aryl methyl sites for hydroxylation is 3. The maximum atomic E-state index is 12.4. The number of carbonyl (C=O) groups excluding carboxylic acids is 2. The van der Waals surface area contributed by atoms with Gasteiger partial charge in [-0.1, -0.05) is 35.9 Å². The minimum Gasteiger partial charge on any atom is -0.324 e. The molecule has 0 saturated heterocycles. The van der Waals surface area contributed by atoms with Gasteiger partial charge in [-0.25, -0.2) is 0 Å². The Morgan fingerprint density at radius 1 is 1.04 bits per heavy atom. The van der Waals surface area contributed by atoms with E-state index in [9.17, 15) is 9.59 Å². The summed E-state index contributed by atoms with van der Waals surface area (Å²) in [6, 6.07) is 11.1. The van der Waals surface area contributed by atoms with E-state index in [2.05, 4.69) is 5.32 Å². The van der Waals surface area contributed by atoms with Crippen molar-refractivity contribution in [2.45, 2.75) is 27.7 Å². The Labute approximate surface area is 147 Å². The summed E-state index contributed by atoms with van der Waals surface area (Å²) in [5, 5.41) is 3.38. The summed E-state index contributed by atoms with van der Waals surface area (Å²) in [5.41, 5.74) is 4.25. The molecule has 126 valence electrons. The van der Waals surface area contributed by atoms with Gasteiger partial charge in [-0.3, -0.25) is 9.59 Å². The molecule has 0 radical (unpaired) electrons. The standard InChI is InChI=1S/C19H21ClN2O2/c1-12-8-9-16(20)10-17(12)21-18(24)11-22(15(4)23)19-13(2)6-5-7-14(19)3/h5-10H,11H2,1-4H3,(H,21,24). The van der Waals surface area contributed by atoms with E-state index in [1.54, 1.807) is 12.1 Å². The van der Waals surface area contributed by atoms with E-state index in [0.29, 0.717) is 10.7 Å². The number of hydrogen-bond donors (Lipinski definition) is 1. The van der Waals surface area contributed by atoms with Gasteiger partial charge in [0.2, 0.25) is 11.8 Å². The van der Waals surface area contributed by atoms with Gasteiger partial charge in [0, 0.05) is 17.6 Å². The Morgan fingerprint density at radius 2 is 1.67 bits per heavy atom. The Morgan fingerprint density at radius 3 is 2.25 bits per heavy atom. The molecule has 5 heteroatoms. The van der Waals surface area contributed by atoms with E-state index in [1.165, 1.54) is 11.8 Å². The lowest BCUT2D eigenvalue weighted by atomic mass is 10.1. The molecule has 0 aliphatic rings. The average molecular weight is 345 g/mol. The number of halogens is 1. The summed E-state index contributed by atoms with van der Waals surface area (Å²) < 4.78 is 0. The third-order valence-electron chi connectivity index (χ3n) is 3.86. The smallest absolute Gasteiger partial charge is 0.244 e. The minimum atomic E-state index is -0.266. The van der Waals surface area contributed by atoms with Gasteiger partial charge in [-0.2, -0.15) is 0 Å². The summed E-state index contributed by atoms with van der Waals surface area (Å²) in [7, 11) is 0. The van der Waals surface area contributed by atoms with Gasteiger partial charge >= 0.3 is 0 Å². The van der Waals surface area contributed by atoms with Crippen molar-refractivity contribution in [3.8, 4) is 0 Å². The van der Waals surface area contributed by atoms with Crippen LogP contribution in [0.25, 0.3) is 0 Å². The van der Waals surface area contributed by atoms with Crippen LogP contribution in [0.1, 0.15) is 23.6 Å². The highest BCUT2D eigenvalue weighted by molar-refractivity contribution is 6.31. The van der Waals surface area contributed by atoms with Gasteiger partial charge in [-0.05, 0) is 49.6 Å². The van der Waals surface area contributed by atoms with Crippen molar-refractivity contribution < 1.29 is 9.59 Å². The lowest BCUT2D eigenvalue weighted by Gasteiger charge is -2.24. The van der Waals surface area contributed by atoms with E-state index >= 15 is 0 Å². The molecule has 24 heavy (non-hydrogen) atoms. The van der Waals surface area contributed by atoms with Crippen LogP contribution in [0.3, 0.4) is 0 Å². The fourth-order valence-electron chi connectivity index (χ4n) is 2.64. The lowest BCUT2D eigenvalue weighted by Crippen LogP contribution is -2.37. The van der Waals surface area contributed by atoms with E-state index in [0.717, 1.165) is 22.4 Å².